The van der Waals surface area contributed by atoms with E-state index in [1.807, 2.05) is 24.3 Å². The van der Waals surface area contributed by atoms with Crippen molar-refractivity contribution in [1.29, 1.82) is 5.26 Å². The van der Waals surface area contributed by atoms with Crippen LogP contribution in [0.3, 0.4) is 0 Å². The molecule has 0 fully saturated rings. The number of benzene rings is 1. The Morgan fingerprint density at radius 2 is 2.15 bits per heavy atom. The van der Waals surface area contributed by atoms with E-state index < -0.39 is 0 Å². The third kappa shape index (κ3) is 3.65. The van der Waals surface area contributed by atoms with Crippen molar-refractivity contribution in [1.82, 2.24) is 0 Å². The number of nitriles is 1. The predicted octanol–water partition coefficient (Wildman–Crippen LogP) is 3.85. The smallest absolute Gasteiger partial charge is 0.291 e. The van der Waals surface area contributed by atoms with Crippen LogP contribution in [0.1, 0.15) is 22.7 Å². The lowest BCUT2D eigenvalue weighted by molar-refractivity contribution is 0.0995. The Morgan fingerprint density at radius 3 is 2.85 bits per heavy atom. The first-order valence-electron chi connectivity index (χ1n) is 6.17. The van der Waals surface area contributed by atoms with Crippen molar-refractivity contribution in [3.8, 4) is 6.07 Å². The van der Waals surface area contributed by atoms with Crippen molar-refractivity contribution in [2.24, 2.45) is 0 Å². The summed E-state index contributed by atoms with van der Waals surface area (Å²) in [5.41, 5.74) is 0.731. The minimum Gasteiger partial charge on any atom is -0.456 e. The van der Waals surface area contributed by atoms with E-state index in [1.165, 1.54) is 0 Å². The fourth-order valence-corrected chi connectivity index (χ4v) is 2.51. The summed E-state index contributed by atoms with van der Waals surface area (Å²) >= 11 is 1.55. The highest BCUT2D eigenvalue weighted by Gasteiger charge is 2.12. The summed E-state index contributed by atoms with van der Waals surface area (Å²) in [6, 6.07) is 13.0. The lowest BCUT2D eigenvalue weighted by Gasteiger charge is -2.09. The van der Waals surface area contributed by atoms with Gasteiger partial charge in [0, 0.05) is 17.1 Å². The standard InChI is InChI=1S/C15H14N2O2S/c1-11-7-8-13(19-11)15(18)17-12-5-2-3-6-14(12)20-10-4-9-16/h2-3,5-8H,4,10H2,1H3,(H,17,18). The van der Waals surface area contributed by atoms with Crippen LogP contribution in [0.25, 0.3) is 0 Å². The number of furan rings is 1. The number of amides is 1. The Morgan fingerprint density at radius 1 is 1.35 bits per heavy atom. The molecule has 1 N–H and O–H groups in total. The molecule has 20 heavy (non-hydrogen) atoms. The predicted molar refractivity (Wildman–Crippen MR) is 78.8 cm³/mol. The van der Waals surface area contributed by atoms with Gasteiger partial charge in [0.15, 0.2) is 5.76 Å². The zero-order chi connectivity index (χ0) is 14.4. The van der Waals surface area contributed by atoms with Crippen LogP contribution in [-0.2, 0) is 0 Å². The fourth-order valence-electron chi connectivity index (χ4n) is 1.64. The van der Waals surface area contributed by atoms with Crippen molar-refractivity contribution in [3.63, 3.8) is 0 Å². The topological polar surface area (TPSA) is 66.0 Å². The van der Waals surface area contributed by atoms with Gasteiger partial charge in [0.25, 0.3) is 5.91 Å². The van der Waals surface area contributed by atoms with Gasteiger partial charge in [0.2, 0.25) is 0 Å². The van der Waals surface area contributed by atoms with Gasteiger partial charge in [-0.15, -0.1) is 11.8 Å². The van der Waals surface area contributed by atoms with Crippen molar-refractivity contribution in [2.75, 3.05) is 11.1 Å². The molecule has 5 heteroatoms. The third-order valence-electron chi connectivity index (χ3n) is 2.57. The molecule has 4 nitrogen and oxygen atoms in total. The van der Waals surface area contributed by atoms with Crippen LogP contribution in [0, 0.1) is 18.3 Å². The molecule has 0 aliphatic carbocycles. The second-order valence-electron chi connectivity index (χ2n) is 4.12. The molecule has 0 bridgehead atoms. The molecule has 0 saturated carbocycles. The maximum Gasteiger partial charge on any atom is 0.291 e. The van der Waals surface area contributed by atoms with Crippen LogP contribution in [0.2, 0.25) is 0 Å². The second kappa shape index (κ2) is 6.83. The third-order valence-corrected chi connectivity index (χ3v) is 3.65. The molecule has 2 aromatic rings. The average Bonchev–Trinajstić information content (AvgIpc) is 2.88. The molecule has 0 aliphatic rings. The molecule has 1 aromatic heterocycles. The highest BCUT2D eigenvalue weighted by atomic mass is 32.2. The molecule has 1 amide bonds. The Labute approximate surface area is 121 Å². The number of hydrogen-bond acceptors (Lipinski definition) is 4. The summed E-state index contributed by atoms with van der Waals surface area (Å²) in [4.78, 5) is 13.0. The van der Waals surface area contributed by atoms with Crippen LogP contribution < -0.4 is 5.32 Å². The first kappa shape index (κ1) is 14.2. The summed E-state index contributed by atoms with van der Waals surface area (Å²) in [7, 11) is 0. The lowest BCUT2D eigenvalue weighted by atomic mass is 10.3. The van der Waals surface area contributed by atoms with Gasteiger partial charge in [0.1, 0.15) is 5.76 Å². The van der Waals surface area contributed by atoms with Crippen LogP contribution in [0.5, 0.6) is 0 Å². The largest absolute Gasteiger partial charge is 0.456 e. The quantitative estimate of drug-likeness (QED) is 0.669. The highest BCUT2D eigenvalue weighted by Crippen LogP contribution is 2.27. The molecule has 1 heterocycles. The molecule has 0 aliphatic heterocycles. The number of para-hydroxylation sites is 1. The molecule has 0 spiro atoms. The van der Waals surface area contributed by atoms with Gasteiger partial charge >= 0.3 is 0 Å². The van der Waals surface area contributed by atoms with E-state index >= 15 is 0 Å². The van der Waals surface area contributed by atoms with Crippen LogP contribution in [0.15, 0.2) is 45.7 Å². The van der Waals surface area contributed by atoms with Crippen LogP contribution in [0.4, 0.5) is 5.69 Å². The number of thioether (sulfide) groups is 1. The van der Waals surface area contributed by atoms with Gasteiger partial charge in [-0.1, -0.05) is 12.1 Å². The van der Waals surface area contributed by atoms with E-state index in [9.17, 15) is 4.79 Å². The first-order valence-corrected chi connectivity index (χ1v) is 7.16. The van der Waals surface area contributed by atoms with E-state index in [2.05, 4.69) is 11.4 Å². The molecule has 0 saturated heterocycles. The molecule has 0 atom stereocenters. The Bertz CT molecular complexity index is 643. The zero-order valence-electron chi connectivity index (χ0n) is 11.1. The molecular formula is C15H14N2O2S. The highest BCUT2D eigenvalue weighted by molar-refractivity contribution is 7.99. The van der Waals surface area contributed by atoms with Gasteiger partial charge in [-0.3, -0.25) is 4.79 Å². The van der Waals surface area contributed by atoms with Crippen molar-refractivity contribution in [3.05, 3.63) is 47.9 Å². The maximum atomic E-state index is 12.0. The number of nitrogens with one attached hydrogen (secondary N) is 1. The van der Waals surface area contributed by atoms with E-state index in [0.717, 1.165) is 10.6 Å². The van der Waals surface area contributed by atoms with E-state index in [4.69, 9.17) is 9.68 Å². The Kier molecular flexibility index (Phi) is 4.85. The number of carbonyl (C=O) groups excluding carboxylic acids is 1. The van der Waals surface area contributed by atoms with E-state index in [1.54, 1.807) is 30.8 Å². The number of rotatable bonds is 5. The van der Waals surface area contributed by atoms with Gasteiger partial charge in [-0.2, -0.15) is 5.26 Å². The Balaban J connectivity index is 2.09. The number of hydrogen-bond donors (Lipinski definition) is 1. The van der Waals surface area contributed by atoms with Crippen LogP contribution >= 0.6 is 11.8 Å². The number of nitrogens with zero attached hydrogens (tertiary/aromatic N) is 1. The average molecular weight is 286 g/mol. The van der Waals surface area contributed by atoms with Gasteiger partial charge in [-0.05, 0) is 31.2 Å². The zero-order valence-corrected chi connectivity index (χ0v) is 11.9. The molecule has 1 aromatic carbocycles. The van der Waals surface area contributed by atoms with Gasteiger partial charge in [-0.25, -0.2) is 0 Å². The summed E-state index contributed by atoms with van der Waals surface area (Å²) in [5.74, 6) is 1.42. The van der Waals surface area contributed by atoms with Gasteiger partial charge < -0.3 is 9.73 Å². The molecular weight excluding hydrogens is 272 g/mol. The van der Waals surface area contributed by atoms with Crippen molar-refractivity contribution >= 4 is 23.4 Å². The molecule has 2 rings (SSSR count). The minimum absolute atomic E-state index is 0.272. The van der Waals surface area contributed by atoms with Crippen LogP contribution in [-0.4, -0.2) is 11.7 Å². The SMILES string of the molecule is Cc1ccc(C(=O)Nc2ccccc2SCCC#N)o1. The number of anilines is 1. The summed E-state index contributed by atoms with van der Waals surface area (Å²) in [6.45, 7) is 1.79. The molecule has 0 unspecified atom stereocenters. The second-order valence-corrected chi connectivity index (χ2v) is 5.25. The summed E-state index contributed by atoms with van der Waals surface area (Å²) < 4.78 is 5.29. The van der Waals surface area contributed by atoms with E-state index in [0.29, 0.717) is 23.7 Å². The summed E-state index contributed by atoms with van der Waals surface area (Å²) in [5, 5.41) is 11.4. The lowest BCUT2D eigenvalue weighted by Crippen LogP contribution is -2.11. The first-order chi connectivity index (χ1) is 9.70. The fraction of sp³-hybridized carbons (Fsp3) is 0.200. The van der Waals surface area contributed by atoms with Gasteiger partial charge in [0.05, 0.1) is 11.8 Å². The number of aryl methyl sites for hydroxylation is 1. The minimum atomic E-state index is -0.272. The molecule has 102 valence electrons. The van der Waals surface area contributed by atoms with Crippen molar-refractivity contribution < 1.29 is 9.21 Å². The maximum absolute atomic E-state index is 12.0. The number of carbonyl (C=O) groups is 1. The van der Waals surface area contributed by atoms with E-state index in [-0.39, 0.29) is 5.91 Å². The normalized spacial score (nSPS) is 10.0. The summed E-state index contributed by atoms with van der Waals surface area (Å²) in [6.07, 6.45) is 0.477. The van der Waals surface area contributed by atoms with Crippen molar-refractivity contribution in [2.45, 2.75) is 18.2 Å². The Hall–Kier alpha value is -2.19. The monoisotopic (exact) mass is 286 g/mol. The molecule has 0 radical (unpaired) electrons.